The molecule has 1 saturated carbocycles. The smallest absolute Gasteiger partial charge is 0.249 e. The SMILES string of the molecule is CCNC(=O)C(CC1CC1)OCC. The standard InChI is InChI=1S/C10H19NO2/c1-3-11-10(12)9(13-4-2)7-8-5-6-8/h8-9H,3-7H2,1-2H3,(H,11,12). The summed E-state index contributed by atoms with van der Waals surface area (Å²) < 4.78 is 5.40. The van der Waals surface area contributed by atoms with Crippen molar-refractivity contribution in [3.8, 4) is 0 Å². The Hall–Kier alpha value is -0.570. The van der Waals surface area contributed by atoms with Gasteiger partial charge in [0.2, 0.25) is 5.91 Å². The maximum atomic E-state index is 11.5. The number of carbonyl (C=O) groups excluding carboxylic acids is 1. The lowest BCUT2D eigenvalue weighted by Gasteiger charge is -2.15. The van der Waals surface area contributed by atoms with Crippen LogP contribution in [0.5, 0.6) is 0 Å². The number of likely N-dealkylation sites (N-methyl/N-ethyl adjacent to an activating group) is 1. The minimum atomic E-state index is -0.211. The number of amides is 1. The third-order valence-electron chi connectivity index (χ3n) is 2.26. The van der Waals surface area contributed by atoms with E-state index in [0.29, 0.717) is 13.2 Å². The van der Waals surface area contributed by atoms with Crippen molar-refractivity contribution in [3.05, 3.63) is 0 Å². The summed E-state index contributed by atoms with van der Waals surface area (Å²) in [5.41, 5.74) is 0. The van der Waals surface area contributed by atoms with Crippen LogP contribution in [0.1, 0.15) is 33.1 Å². The minimum absolute atomic E-state index is 0.0521. The van der Waals surface area contributed by atoms with Crippen LogP contribution in [0.3, 0.4) is 0 Å². The molecule has 1 rings (SSSR count). The molecular weight excluding hydrogens is 166 g/mol. The number of nitrogens with one attached hydrogen (secondary N) is 1. The average Bonchev–Trinajstić information content (AvgIpc) is 2.88. The quantitative estimate of drug-likeness (QED) is 0.678. The molecule has 1 aliphatic rings. The first-order valence-corrected chi connectivity index (χ1v) is 5.17. The Bertz CT molecular complexity index is 166. The van der Waals surface area contributed by atoms with Gasteiger partial charge in [0, 0.05) is 13.2 Å². The van der Waals surface area contributed by atoms with E-state index in [-0.39, 0.29) is 12.0 Å². The van der Waals surface area contributed by atoms with Crippen molar-refractivity contribution in [2.24, 2.45) is 5.92 Å². The minimum Gasteiger partial charge on any atom is -0.369 e. The predicted molar refractivity (Wildman–Crippen MR) is 51.4 cm³/mol. The topological polar surface area (TPSA) is 38.3 Å². The molecule has 0 radical (unpaired) electrons. The summed E-state index contributed by atoms with van der Waals surface area (Å²) in [5.74, 6) is 0.787. The number of carbonyl (C=O) groups is 1. The Labute approximate surface area is 79.8 Å². The highest BCUT2D eigenvalue weighted by atomic mass is 16.5. The van der Waals surface area contributed by atoms with Crippen LogP contribution in [0, 0.1) is 5.92 Å². The highest BCUT2D eigenvalue weighted by molar-refractivity contribution is 5.80. The van der Waals surface area contributed by atoms with Gasteiger partial charge in [-0.3, -0.25) is 4.79 Å². The van der Waals surface area contributed by atoms with Crippen LogP contribution in [-0.4, -0.2) is 25.2 Å². The van der Waals surface area contributed by atoms with E-state index < -0.39 is 0 Å². The van der Waals surface area contributed by atoms with Gasteiger partial charge in [0.05, 0.1) is 0 Å². The second kappa shape index (κ2) is 5.22. The number of ether oxygens (including phenoxy) is 1. The fourth-order valence-electron chi connectivity index (χ4n) is 1.40. The predicted octanol–water partition coefficient (Wildman–Crippen LogP) is 1.33. The van der Waals surface area contributed by atoms with Gasteiger partial charge in [-0.2, -0.15) is 0 Å². The van der Waals surface area contributed by atoms with Crippen molar-refractivity contribution in [1.29, 1.82) is 0 Å². The Morgan fingerprint density at radius 2 is 2.23 bits per heavy atom. The van der Waals surface area contributed by atoms with E-state index in [4.69, 9.17) is 4.74 Å². The van der Waals surface area contributed by atoms with Crippen LogP contribution in [0.4, 0.5) is 0 Å². The van der Waals surface area contributed by atoms with Crippen LogP contribution in [-0.2, 0) is 9.53 Å². The number of hydrogen-bond acceptors (Lipinski definition) is 2. The van der Waals surface area contributed by atoms with Gasteiger partial charge < -0.3 is 10.1 Å². The van der Waals surface area contributed by atoms with Crippen molar-refractivity contribution >= 4 is 5.91 Å². The van der Waals surface area contributed by atoms with Gasteiger partial charge in [-0.05, 0) is 26.2 Å². The molecule has 0 aromatic carbocycles. The highest BCUT2D eigenvalue weighted by Gasteiger charge is 2.29. The van der Waals surface area contributed by atoms with Crippen LogP contribution in [0.25, 0.3) is 0 Å². The van der Waals surface area contributed by atoms with E-state index in [0.717, 1.165) is 12.3 Å². The van der Waals surface area contributed by atoms with E-state index >= 15 is 0 Å². The second-order valence-electron chi connectivity index (χ2n) is 3.52. The molecule has 0 aromatic heterocycles. The molecular formula is C10H19NO2. The van der Waals surface area contributed by atoms with Gasteiger partial charge >= 0.3 is 0 Å². The zero-order valence-corrected chi connectivity index (χ0v) is 8.51. The molecule has 1 fully saturated rings. The first-order chi connectivity index (χ1) is 6.27. The summed E-state index contributed by atoms with van der Waals surface area (Å²) in [6, 6.07) is 0. The molecule has 0 aromatic rings. The normalized spacial score (nSPS) is 18.3. The van der Waals surface area contributed by atoms with E-state index in [1.807, 2.05) is 13.8 Å². The Balaban J connectivity index is 2.29. The summed E-state index contributed by atoms with van der Waals surface area (Å²) in [5, 5.41) is 2.80. The molecule has 1 N–H and O–H groups in total. The maximum absolute atomic E-state index is 11.5. The van der Waals surface area contributed by atoms with E-state index in [1.165, 1.54) is 12.8 Å². The molecule has 1 amide bonds. The molecule has 13 heavy (non-hydrogen) atoms. The summed E-state index contributed by atoms with van der Waals surface area (Å²) in [7, 11) is 0. The van der Waals surface area contributed by atoms with Gasteiger partial charge in [0.1, 0.15) is 6.10 Å². The molecule has 1 unspecified atom stereocenters. The Morgan fingerprint density at radius 1 is 1.54 bits per heavy atom. The summed E-state index contributed by atoms with van der Waals surface area (Å²) >= 11 is 0. The molecule has 3 heteroatoms. The van der Waals surface area contributed by atoms with Gasteiger partial charge in [0.15, 0.2) is 0 Å². The van der Waals surface area contributed by atoms with Crippen molar-refractivity contribution < 1.29 is 9.53 Å². The largest absolute Gasteiger partial charge is 0.369 e. The van der Waals surface area contributed by atoms with E-state index in [2.05, 4.69) is 5.32 Å². The third-order valence-corrected chi connectivity index (χ3v) is 2.26. The van der Waals surface area contributed by atoms with E-state index in [9.17, 15) is 4.79 Å². The Kier molecular flexibility index (Phi) is 4.22. The third kappa shape index (κ3) is 3.77. The highest BCUT2D eigenvalue weighted by Crippen LogP contribution is 2.34. The van der Waals surface area contributed by atoms with Crippen LogP contribution in [0.2, 0.25) is 0 Å². The second-order valence-corrected chi connectivity index (χ2v) is 3.52. The first-order valence-electron chi connectivity index (χ1n) is 5.17. The summed E-state index contributed by atoms with van der Waals surface area (Å²) in [4.78, 5) is 11.5. The lowest BCUT2D eigenvalue weighted by molar-refractivity contribution is -0.133. The summed E-state index contributed by atoms with van der Waals surface area (Å²) in [6.45, 7) is 5.17. The van der Waals surface area contributed by atoms with Gasteiger partial charge in [-0.25, -0.2) is 0 Å². The molecule has 0 aliphatic heterocycles. The molecule has 0 spiro atoms. The lowest BCUT2D eigenvalue weighted by atomic mass is 10.1. The van der Waals surface area contributed by atoms with Crippen molar-refractivity contribution in [2.75, 3.05) is 13.2 Å². The fraction of sp³-hybridized carbons (Fsp3) is 0.900. The van der Waals surface area contributed by atoms with Gasteiger partial charge in [-0.1, -0.05) is 12.8 Å². The maximum Gasteiger partial charge on any atom is 0.249 e. The van der Waals surface area contributed by atoms with Crippen LogP contribution in [0.15, 0.2) is 0 Å². The fourth-order valence-corrected chi connectivity index (χ4v) is 1.40. The van der Waals surface area contributed by atoms with Gasteiger partial charge in [-0.15, -0.1) is 0 Å². The molecule has 0 heterocycles. The summed E-state index contributed by atoms with van der Waals surface area (Å²) in [6.07, 6.45) is 3.23. The average molecular weight is 185 g/mol. The van der Waals surface area contributed by atoms with Crippen LogP contribution >= 0.6 is 0 Å². The van der Waals surface area contributed by atoms with Crippen molar-refractivity contribution in [3.63, 3.8) is 0 Å². The molecule has 0 bridgehead atoms. The Morgan fingerprint density at radius 3 is 2.69 bits per heavy atom. The molecule has 0 saturated heterocycles. The number of rotatable bonds is 6. The van der Waals surface area contributed by atoms with Crippen molar-refractivity contribution in [1.82, 2.24) is 5.32 Å². The molecule has 3 nitrogen and oxygen atoms in total. The van der Waals surface area contributed by atoms with Crippen LogP contribution < -0.4 is 5.32 Å². The molecule has 1 atom stereocenters. The molecule has 1 aliphatic carbocycles. The first kappa shape index (κ1) is 10.5. The van der Waals surface area contributed by atoms with Crippen molar-refractivity contribution in [2.45, 2.75) is 39.2 Å². The van der Waals surface area contributed by atoms with E-state index in [1.54, 1.807) is 0 Å². The monoisotopic (exact) mass is 185 g/mol. The molecule has 76 valence electrons. The number of hydrogen-bond donors (Lipinski definition) is 1. The zero-order valence-electron chi connectivity index (χ0n) is 8.51. The lowest BCUT2D eigenvalue weighted by Crippen LogP contribution is -2.36. The van der Waals surface area contributed by atoms with Gasteiger partial charge in [0.25, 0.3) is 0 Å². The zero-order chi connectivity index (χ0) is 9.68.